The van der Waals surface area contributed by atoms with E-state index in [-0.39, 0.29) is 11.5 Å². The monoisotopic (exact) mass is 423 g/mol. The van der Waals surface area contributed by atoms with Crippen LogP contribution in [-0.2, 0) is 25.9 Å². The predicted octanol–water partition coefficient (Wildman–Crippen LogP) is 2.96. The lowest BCUT2D eigenvalue weighted by Crippen LogP contribution is -2.38. The summed E-state index contributed by atoms with van der Waals surface area (Å²) in [5.41, 5.74) is 3.80. The Morgan fingerprint density at radius 3 is 2.61 bits per heavy atom. The molecule has 1 aromatic heterocycles. The topological polar surface area (TPSA) is 54.8 Å². The van der Waals surface area contributed by atoms with Crippen molar-refractivity contribution in [2.75, 3.05) is 33.3 Å². The second kappa shape index (κ2) is 9.27. The standard InChI is InChI=1S/C25H33N3O3/c1-4-18(2)16-26-11-10-21-24(22(31-3)15-23(29)28(21)14-13-26)25(30)27-12-9-19-7-5-6-8-20(19)17-27/h5-8,15,18H,4,9-14,16-17H2,1-3H3. The minimum absolute atomic E-state index is 0.0366. The molecule has 2 aliphatic rings. The van der Waals surface area contributed by atoms with Crippen molar-refractivity contribution >= 4 is 5.91 Å². The molecule has 0 spiro atoms. The van der Waals surface area contributed by atoms with E-state index in [0.29, 0.717) is 43.3 Å². The van der Waals surface area contributed by atoms with Crippen LogP contribution in [0.4, 0.5) is 0 Å². The number of hydrogen-bond donors (Lipinski definition) is 0. The van der Waals surface area contributed by atoms with Crippen molar-refractivity contribution in [2.45, 2.75) is 46.2 Å². The molecule has 0 saturated heterocycles. The summed E-state index contributed by atoms with van der Waals surface area (Å²) in [6.45, 7) is 9.04. The predicted molar refractivity (Wildman–Crippen MR) is 122 cm³/mol. The highest BCUT2D eigenvalue weighted by Crippen LogP contribution is 2.27. The van der Waals surface area contributed by atoms with Crippen molar-refractivity contribution in [3.8, 4) is 5.75 Å². The van der Waals surface area contributed by atoms with Crippen LogP contribution in [0, 0.1) is 5.92 Å². The molecule has 166 valence electrons. The quantitative estimate of drug-likeness (QED) is 0.742. The van der Waals surface area contributed by atoms with Crippen molar-refractivity contribution in [3.63, 3.8) is 0 Å². The van der Waals surface area contributed by atoms with Gasteiger partial charge in [0.2, 0.25) is 0 Å². The number of rotatable bonds is 5. The number of aromatic nitrogens is 1. The highest BCUT2D eigenvalue weighted by molar-refractivity contribution is 5.98. The Balaban J connectivity index is 1.66. The average Bonchev–Trinajstić information content (AvgIpc) is 3.01. The summed E-state index contributed by atoms with van der Waals surface area (Å²) in [5.74, 6) is 0.975. The third-order valence-corrected chi connectivity index (χ3v) is 6.80. The Hall–Kier alpha value is -2.60. The molecule has 0 fully saturated rings. The van der Waals surface area contributed by atoms with Gasteiger partial charge in [0.25, 0.3) is 11.5 Å². The number of methoxy groups -OCH3 is 1. The Morgan fingerprint density at radius 1 is 1.10 bits per heavy atom. The van der Waals surface area contributed by atoms with Gasteiger partial charge in [-0.3, -0.25) is 9.59 Å². The molecule has 2 aromatic rings. The number of nitrogens with zero attached hydrogens (tertiary/aromatic N) is 3. The summed E-state index contributed by atoms with van der Waals surface area (Å²) >= 11 is 0. The van der Waals surface area contributed by atoms with Crippen molar-refractivity contribution in [1.82, 2.24) is 14.4 Å². The lowest BCUT2D eigenvalue weighted by Gasteiger charge is -2.30. The zero-order valence-corrected chi connectivity index (χ0v) is 18.9. The second-order valence-corrected chi connectivity index (χ2v) is 8.83. The molecule has 31 heavy (non-hydrogen) atoms. The maximum absolute atomic E-state index is 13.7. The number of hydrogen-bond acceptors (Lipinski definition) is 4. The SMILES string of the molecule is CCC(C)CN1CCc2c(C(=O)N3CCc4ccccc4C3)c(OC)cc(=O)n2CC1. The van der Waals surface area contributed by atoms with E-state index < -0.39 is 0 Å². The van der Waals surface area contributed by atoms with Gasteiger partial charge in [0, 0.05) is 57.4 Å². The van der Waals surface area contributed by atoms with Crippen LogP contribution in [0.25, 0.3) is 0 Å². The van der Waals surface area contributed by atoms with Crippen molar-refractivity contribution in [3.05, 3.63) is 63.1 Å². The maximum atomic E-state index is 13.7. The molecule has 0 aliphatic carbocycles. The number of fused-ring (bicyclic) bond motifs is 2. The Kier molecular flexibility index (Phi) is 6.46. The fourth-order valence-electron chi connectivity index (χ4n) is 4.76. The molecule has 1 amide bonds. The Morgan fingerprint density at radius 2 is 1.87 bits per heavy atom. The van der Waals surface area contributed by atoms with Gasteiger partial charge >= 0.3 is 0 Å². The second-order valence-electron chi connectivity index (χ2n) is 8.83. The van der Waals surface area contributed by atoms with Crippen LogP contribution in [-0.4, -0.2) is 53.6 Å². The van der Waals surface area contributed by atoms with Gasteiger partial charge in [0.15, 0.2) is 0 Å². The fourth-order valence-corrected chi connectivity index (χ4v) is 4.76. The first-order valence-electron chi connectivity index (χ1n) is 11.4. The van der Waals surface area contributed by atoms with Crippen molar-refractivity contribution in [2.24, 2.45) is 5.92 Å². The molecule has 1 atom stereocenters. The smallest absolute Gasteiger partial charge is 0.259 e. The summed E-state index contributed by atoms with van der Waals surface area (Å²) in [7, 11) is 1.54. The molecule has 0 bridgehead atoms. The van der Waals surface area contributed by atoms with Crippen molar-refractivity contribution in [1.29, 1.82) is 0 Å². The fraction of sp³-hybridized carbons (Fsp3) is 0.520. The average molecular weight is 424 g/mol. The van der Waals surface area contributed by atoms with E-state index in [9.17, 15) is 9.59 Å². The van der Waals surface area contributed by atoms with Gasteiger partial charge in [-0.2, -0.15) is 0 Å². The summed E-state index contributed by atoms with van der Waals surface area (Å²) in [6.07, 6.45) is 2.66. The lowest BCUT2D eigenvalue weighted by atomic mass is 9.98. The van der Waals surface area contributed by atoms with Gasteiger partial charge < -0.3 is 19.1 Å². The van der Waals surface area contributed by atoms with E-state index >= 15 is 0 Å². The van der Waals surface area contributed by atoms with Gasteiger partial charge in [0.05, 0.1) is 7.11 Å². The van der Waals surface area contributed by atoms with E-state index in [4.69, 9.17) is 4.74 Å². The molecule has 6 nitrogen and oxygen atoms in total. The van der Waals surface area contributed by atoms with Gasteiger partial charge in [-0.15, -0.1) is 0 Å². The molecule has 1 aromatic carbocycles. The Bertz CT molecular complexity index is 1010. The van der Waals surface area contributed by atoms with Gasteiger partial charge in [-0.1, -0.05) is 44.5 Å². The molecule has 3 heterocycles. The normalized spacial score (nSPS) is 17.5. The van der Waals surface area contributed by atoms with Crippen LogP contribution >= 0.6 is 0 Å². The van der Waals surface area contributed by atoms with E-state index in [1.54, 1.807) is 11.7 Å². The third kappa shape index (κ3) is 4.40. The highest BCUT2D eigenvalue weighted by Gasteiger charge is 2.30. The molecule has 1 unspecified atom stereocenters. The van der Waals surface area contributed by atoms with E-state index in [2.05, 4.69) is 30.9 Å². The first-order valence-corrected chi connectivity index (χ1v) is 11.4. The van der Waals surface area contributed by atoms with Crippen LogP contribution in [0.5, 0.6) is 5.75 Å². The summed E-state index contributed by atoms with van der Waals surface area (Å²) in [4.78, 5) is 30.9. The molecular weight excluding hydrogens is 390 g/mol. The maximum Gasteiger partial charge on any atom is 0.259 e. The van der Waals surface area contributed by atoms with Crippen LogP contribution in [0.2, 0.25) is 0 Å². The number of benzene rings is 1. The zero-order valence-electron chi connectivity index (χ0n) is 18.9. The third-order valence-electron chi connectivity index (χ3n) is 6.80. The molecule has 6 heteroatoms. The first-order chi connectivity index (χ1) is 15.0. The van der Waals surface area contributed by atoms with Gasteiger partial charge in [-0.05, 0) is 23.5 Å². The summed E-state index contributed by atoms with van der Waals surface area (Å²) in [6, 6.07) is 9.78. The molecule has 0 saturated carbocycles. The van der Waals surface area contributed by atoms with E-state index in [1.807, 2.05) is 17.0 Å². The van der Waals surface area contributed by atoms with Gasteiger partial charge in [-0.25, -0.2) is 0 Å². The van der Waals surface area contributed by atoms with E-state index in [0.717, 1.165) is 38.2 Å². The van der Waals surface area contributed by atoms with Crippen LogP contribution in [0.15, 0.2) is 35.1 Å². The summed E-state index contributed by atoms with van der Waals surface area (Å²) < 4.78 is 7.34. The number of pyridine rings is 1. The molecule has 0 N–H and O–H groups in total. The molecule has 0 radical (unpaired) electrons. The van der Waals surface area contributed by atoms with Crippen LogP contribution < -0.4 is 10.3 Å². The molecule has 4 rings (SSSR count). The minimum Gasteiger partial charge on any atom is -0.496 e. The lowest BCUT2D eigenvalue weighted by molar-refractivity contribution is 0.0728. The largest absolute Gasteiger partial charge is 0.496 e. The summed E-state index contributed by atoms with van der Waals surface area (Å²) in [5, 5.41) is 0. The minimum atomic E-state index is -0.0854. The van der Waals surface area contributed by atoms with Crippen LogP contribution in [0.3, 0.4) is 0 Å². The first kappa shape index (κ1) is 21.6. The number of carbonyl (C=O) groups excluding carboxylic acids is 1. The van der Waals surface area contributed by atoms with E-state index in [1.165, 1.54) is 17.2 Å². The van der Waals surface area contributed by atoms with Crippen molar-refractivity contribution < 1.29 is 9.53 Å². The molecular formula is C25H33N3O3. The number of amides is 1. The number of ether oxygens (including phenoxy) is 1. The highest BCUT2D eigenvalue weighted by atomic mass is 16.5. The molecule has 2 aliphatic heterocycles. The van der Waals surface area contributed by atoms with Crippen LogP contribution in [0.1, 0.15) is 47.4 Å². The van der Waals surface area contributed by atoms with Gasteiger partial charge in [0.1, 0.15) is 11.3 Å². The Labute approximate surface area is 184 Å². The zero-order chi connectivity index (χ0) is 22.0. The number of carbonyl (C=O) groups is 1.